The highest BCUT2D eigenvalue weighted by molar-refractivity contribution is 7.07. The number of thiazole rings is 1. The minimum Gasteiger partial charge on any atom is -0.492 e. The number of hydrogen-bond acceptors (Lipinski definition) is 5. The van der Waals surface area contributed by atoms with E-state index in [4.69, 9.17) is 4.74 Å². The lowest BCUT2D eigenvalue weighted by atomic mass is 10.2. The van der Waals surface area contributed by atoms with Crippen LogP contribution in [0, 0.1) is 0 Å². The highest BCUT2D eigenvalue weighted by Gasteiger charge is 2.19. The van der Waals surface area contributed by atoms with Crippen LogP contribution in [0.2, 0.25) is 0 Å². The number of carbonyl (C=O) groups is 1. The van der Waals surface area contributed by atoms with Gasteiger partial charge in [-0.25, -0.2) is 4.98 Å². The molecule has 0 aliphatic heterocycles. The number of carbonyl (C=O) groups excluding carboxylic acids is 1. The van der Waals surface area contributed by atoms with Gasteiger partial charge >= 0.3 is 0 Å². The zero-order valence-electron chi connectivity index (χ0n) is 13.1. The highest BCUT2D eigenvalue weighted by atomic mass is 32.1. The maximum atomic E-state index is 12.4. The van der Waals surface area contributed by atoms with E-state index in [1.807, 2.05) is 55.4 Å². The van der Waals surface area contributed by atoms with Crippen LogP contribution in [0.25, 0.3) is 0 Å². The lowest BCUT2D eigenvalue weighted by Crippen LogP contribution is -2.39. The number of nitrogens with one attached hydrogen (secondary N) is 1. The van der Waals surface area contributed by atoms with Crippen LogP contribution in [-0.2, 0) is 11.3 Å². The standard InChI is InChI=1S/C16H21N3O2S/c1-4-21-15-8-6-5-7-14(15)18-16(20)12(2)19(3)9-13-10-22-11-17-13/h5-8,10-12H,4,9H2,1-3H3,(H,18,20)/t12-/m0/s1. The van der Waals surface area contributed by atoms with Crippen molar-refractivity contribution in [1.82, 2.24) is 9.88 Å². The van der Waals surface area contributed by atoms with Crippen molar-refractivity contribution >= 4 is 22.9 Å². The van der Waals surface area contributed by atoms with Crippen LogP contribution >= 0.6 is 11.3 Å². The minimum atomic E-state index is -0.267. The first-order valence-corrected chi connectivity index (χ1v) is 8.16. The molecular formula is C16H21N3O2S. The molecule has 22 heavy (non-hydrogen) atoms. The SMILES string of the molecule is CCOc1ccccc1NC(=O)[C@H](C)N(C)Cc1cscn1. The number of hydrogen-bond donors (Lipinski definition) is 1. The van der Waals surface area contributed by atoms with Crippen LogP contribution < -0.4 is 10.1 Å². The molecule has 0 radical (unpaired) electrons. The molecule has 1 N–H and O–H groups in total. The minimum absolute atomic E-state index is 0.0649. The molecule has 0 saturated carbocycles. The molecule has 1 amide bonds. The van der Waals surface area contributed by atoms with E-state index < -0.39 is 0 Å². The van der Waals surface area contributed by atoms with Gasteiger partial charge in [-0.2, -0.15) is 0 Å². The lowest BCUT2D eigenvalue weighted by Gasteiger charge is -2.23. The molecule has 0 saturated heterocycles. The van der Waals surface area contributed by atoms with Crippen molar-refractivity contribution in [2.45, 2.75) is 26.4 Å². The Labute approximate surface area is 134 Å². The molecule has 1 heterocycles. The number of rotatable bonds is 7. The third kappa shape index (κ3) is 4.29. The number of benzene rings is 1. The van der Waals surface area contributed by atoms with Crippen LogP contribution in [0.5, 0.6) is 5.75 Å². The number of likely N-dealkylation sites (N-methyl/N-ethyl adjacent to an activating group) is 1. The second kappa shape index (κ2) is 7.91. The monoisotopic (exact) mass is 319 g/mol. The van der Waals surface area contributed by atoms with E-state index in [-0.39, 0.29) is 11.9 Å². The number of ether oxygens (including phenoxy) is 1. The Morgan fingerprint density at radius 1 is 1.45 bits per heavy atom. The molecular weight excluding hydrogens is 298 g/mol. The van der Waals surface area contributed by atoms with Crippen molar-refractivity contribution in [3.8, 4) is 5.75 Å². The molecule has 1 aromatic carbocycles. The van der Waals surface area contributed by atoms with Crippen molar-refractivity contribution in [2.75, 3.05) is 19.0 Å². The molecule has 0 fully saturated rings. The van der Waals surface area contributed by atoms with Gasteiger partial charge in [-0.1, -0.05) is 12.1 Å². The summed E-state index contributed by atoms with van der Waals surface area (Å²) in [4.78, 5) is 18.6. The largest absolute Gasteiger partial charge is 0.492 e. The van der Waals surface area contributed by atoms with E-state index in [9.17, 15) is 4.79 Å². The number of amides is 1. The van der Waals surface area contributed by atoms with E-state index in [2.05, 4.69) is 10.3 Å². The van der Waals surface area contributed by atoms with E-state index in [0.29, 0.717) is 24.6 Å². The summed E-state index contributed by atoms with van der Waals surface area (Å²) in [6.45, 7) is 5.01. The molecule has 118 valence electrons. The summed E-state index contributed by atoms with van der Waals surface area (Å²) in [6.07, 6.45) is 0. The van der Waals surface area contributed by atoms with Gasteiger partial charge in [-0.05, 0) is 33.0 Å². The third-order valence-electron chi connectivity index (χ3n) is 3.38. The van der Waals surface area contributed by atoms with Crippen molar-refractivity contribution < 1.29 is 9.53 Å². The van der Waals surface area contributed by atoms with Gasteiger partial charge in [-0.15, -0.1) is 11.3 Å². The van der Waals surface area contributed by atoms with Gasteiger partial charge in [-0.3, -0.25) is 9.69 Å². The first-order chi connectivity index (χ1) is 10.6. The summed E-state index contributed by atoms with van der Waals surface area (Å²) in [5.74, 6) is 0.623. The molecule has 2 rings (SSSR count). The van der Waals surface area contributed by atoms with E-state index in [1.165, 1.54) is 0 Å². The summed E-state index contributed by atoms with van der Waals surface area (Å²) < 4.78 is 5.53. The zero-order chi connectivity index (χ0) is 15.9. The summed E-state index contributed by atoms with van der Waals surface area (Å²) in [5.41, 5.74) is 3.47. The third-order valence-corrected chi connectivity index (χ3v) is 4.02. The van der Waals surface area contributed by atoms with E-state index in [1.54, 1.807) is 16.8 Å². The van der Waals surface area contributed by atoms with Gasteiger partial charge in [0, 0.05) is 11.9 Å². The normalized spacial score (nSPS) is 12.2. The molecule has 0 spiro atoms. The molecule has 1 aromatic heterocycles. The van der Waals surface area contributed by atoms with Gasteiger partial charge in [0.25, 0.3) is 0 Å². The quantitative estimate of drug-likeness (QED) is 0.852. The number of anilines is 1. The van der Waals surface area contributed by atoms with E-state index in [0.717, 1.165) is 5.69 Å². The molecule has 0 unspecified atom stereocenters. The first-order valence-electron chi connectivity index (χ1n) is 7.21. The molecule has 0 bridgehead atoms. The first kappa shape index (κ1) is 16.5. The Morgan fingerprint density at radius 2 is 2.23 bits per heavy atom. The van der Waals surface area contributed by atoms with Gasteiger partial charge in [0.15, 0.2) is 0 Å². The summed E-state index contributed by atoms with van der Waals surface area (Å²) >= 11 is 1.56. The second-order valence-electron chi connectivity index (χ2n) is 4.99. The number of nitrogens with zero attached hydrogens (tertiary/aromatic N) is 2. The Kier molecular flexibility index (Phi) is 5.91. The zero-order valence-corrected chi connectivity index (χ0v) is 13.9. The highest BCUT2D eigenvalue weighted by Crippen LogP contribution is 2.24. The van der Waals surface area contributed by atoms with Crippen LogP contribution in [0.4, 0.5) is 5.69 Å². The molecule has 2 aromatic rings. The topological polar surface area (TPSA) is 54.5 Å². The van der Waals surface area contributed by atoms with Crippen molar-refractivity contribution in [3.63, 3.8) is 0 Å². The van der Waals surface area contributed by atoms with Gasteiger partial charge in [0.1, 0.15) is 5.75 Å². The van der Waals surface area contributed by atoms with Crippen LogP contribution in [0.3, 0.4) is 0 Å². The molecule has 0 aliphatic carbocycles. The Balaban J connectivity index is 1.99. The summed E-state index contributed by atoms with van der Waals surface area (Å²) in [5, 5.41) is 4.92. The maximum Gasteiger partial charge on any atom is 0.241 e. The fourth-order valence-electron chi connectivity index (χ4n) is 2.00. The van der Waals surface area contributed by atoms with Crippen LogP contribution in [0.15, 0.2) is 35.2 Å². The smallest absolute Gasteiger partial charge is 0.241 e. The van der Waals surface area contributed by atoms with Gasteiger partial charge < -0.3 is 10.1 Å². The average Bonchev–Trinajstić information content (AvgIpc) is 3.01. The maximum absolute atomic E-state index is 12.4. The Hall–Kier alpha value is -1.92. The Morgan fingerprint density at radius 3 is 2.91 bits per heavy atom. The van der Waals surface area contributed by atoms with Crippen LogP contribution in [-0.4, -0.2) is 35.5 Å². The molecule has 5 nitrogen and oxygen atoms in total. The summed E-state index contributed by atoms with van der Waals surface area (Å²) in [6, 6.07) is 7.19. The second-order valence-corrected chi connectivity index (χ2v) is 5.71. The number of para-hydroxylation sites is 2. The van der Waals surface area contributed by atoms with Gasteiger partial charge in [0.2, 0.25) is 5.91 Å². The van der Waals surface area contributed by atoms with Crippen LogP contribution in [0.1, 0.15) is 19.5 Å². The van der Waals surface area contributed by atoms with Crippen molar-refractivity contribution in [2.24, 2.45) is 0 Å². The predicted octanol–water partition coefficient (Wildman–Crippen LogP) is 3.00. The van der Waals surface area contributed by atoms with E-state index >= 15 is 0 Å². The molecule has 6 heteroatoms. The van der Waals surface area contributed by atoms with Gasteiger partial charge in [0.05, 0.1) is 29.5 Å². The number of aromatic nitrogens is 1. The fourth-order valence-corrected chi connectivity index (χ4v) is 2.55. The lowest BCUT2D eigenvalue weighted by molar-refractivity contribution is -0.120. The van der Waals surface area contributed by atoms with Crippen molar-refractivity contribution in [3.05, 3.63) is 40.8 Å². The molecule has 0 aliphatic rings. The Bertz CT molecular complexity index is 601. The predicted molar refractivity (Wildman–Crippen MR) is 89.3 cm³/mol. The van der Waals surface area contributed by atoms with Crippen molar-refractivity contribution in [1.29, 1.82) is 0 Å². The molecule has 1 atom stereocenters. The fraction of sp³-hybridized carbons (Fsp3) is 0.375. The summed E-state index contributed by atoms with van der Waals surface area (Å²) in [7, 11) is 1.91. The average molecular weight is 319 g/mol.